The van der Waals surface area contributed by atoms with E-state index in [9.17, 15) is 0 Å². The molecular formula is C16H19N3O2. The fourth-order valence-electron chi connectivity index (χ4n) is 3.26. The zero-order valence-corrected chi connectivity index (χ0v) is 12.1. The Hall–Kier alpha value is -1.88. The molecule has 2 aliphatic heterocycles. The molecule has 3 heterocycles. The lowest BCUT2D eigenvalue weighted by Gasteiger charge is -2.17. The monoisotopic (exact) mass is 285 g/mol. The number of para-hydroxylation sites is 1. The summed E-state index contributed by atoms with van der Waals surface area (Å²) in [4.78, 5) is 4.57. The van der Waals surface area contributed by atoms with Crippen LogP contribution in [0, 0.1) is 0 Å². The van der Waals surface area contributed by atoms with E-state index in [1.54, 1.807) is 0 Å². The van der Waals surface area contributed by atoms with Crippen molar-refractivity contribution in [3.63, 3.8) is 0 Å². The van der Waals surface area contributed by atoms with Crippen molar-refractivity contribution in [2.45, 2.75) is 37.7 Å². The minimum atomic E-state index is -0.367. The van der Waals surface area contributed by atoms with E-state index < -0.39 is 0 Å². The molecule has 0 spiro atoms. The molecule has 0 saturated carbocycles. The molecule has 2 aromatic rings. The van der Waals surface area contributed by atoms with Gasteiger partial charge in [0.2, 0.25) is 11.7 Å². The lowest BCUT2D eigenvalue weighted by atomic mass is 9.98. The summed E-state index contributed by atoms with van der Waals surface area (Å²) in [5.74, 6) is 1.78. The van der Waals surface area contributed by atoms with E-state index in [0.717, 1.165) is 32.4 Å². The minimum absolute atomic E-state index is 0.367. The largest absolute Gasteiger partial charge is 0.384 e. The Balaban J connectivity index is 1.53. The number of hydrogen-bond acceptors (Lipinski definition) is 5. The van der Waals surface area contributed by atoms with Gasteiger partial charge in [0.15, 0.2) is 0 Å². The number of nitrogens with one attached hydrogen (secondary N) is 1. The summed E-state index contributed by atoms with van der Waals surface area (Å²) >= 11 is 0. The number of rotatable bonds is 3. The summed E-state index contributed by atoms with van der Waals surface area (Å²) in [5, 5.41) is 7.56. The van der Waals surface area contributed by atoms with Crippen molar-refractivity contribution in [2.24, 2.45) is 0 Å². The standard InChI is InChI=1S/C16H19N3O2/c1-16(7-4-8-20-16)15-18-14(21-19-15)9-11-10-17-13-6-3-2-5-12(11)13/h2-3,5-6,11,17H,4,7-10H2,1H3. The van der Waals surface area contributed by atoms with Crippen LogP contribution < -0.4 is 5.32 Å². The number of ether oxygens (including phenoxy) is 1. The molecule has 1 aromatic heterocycles. The number of hydrogen-bond donors (Lipinski definition) is 1. The van der Waals surface area contributed by atoms with E-state index in [1.807, 2.05) is 6.92 Å². The second-order valence-corrected chi connectivity index (χ2v) is 6.06. The fourth-order valence-corrected chi connectivity index (χ4v) is 3.26. The van der Waals surface area contributed by atoms with Crippen LogP contribution in [0.5, 0.6) is 0 Å². The zero-order chi connectivity index (χ0) is 14.3. The van der Waals surface area contributed by atoms with Gasteiger partial charge in [-0.1, -0.05) is 23.4 Å². The molecule has 4 rings (SSSR count). The quantitative estimate of drug-likeness (QED) is 0.939. The van der Waals surface area contributed by atoms with Gasteiger partial charge in [-0.2, -0.15) is 4.98 Å². The first kappa shape index (κ1) is 12.8. The summed E-state index contributed by atoms with van der Waals surface area (Å²) in [6.07, 6.45) is 2.78. The third-order valence-electron chi connectivity index (χ3n) is 4.52. The van der Waals surface area contributed by atoms with E-state index >= 15 is 0 Å². The van der Waals surface area contributed by atoms with Crippen LogP contribution in [-0.4, -0.2) is 23.3 Å². The van der Waals surface area contributed by atoms with Crippen molar-refractivity contribution in [3.8, 4) is 0 Å². The lowest BCUT2D eigenvalue weighted by molar-refractivity contribution is 0.00768. The van der Waals surface area contributed by atoms with Crippen LogP contribution >= 0.6 is 0 Å². The first-order valence-corrected chi connectivity index (χ1v) is 7.54. The van der Waals surface area contributed by atoms with Crippen LogP contribution in [0.25, 0.3) is 0 Å². The third-order valence-corrected chi connectivity index (χ3v) is 4.52. The smallest absolute Gasteiger partial charge is 0.227 e. The van der Waals surface area contributed by atoms with Gasteiger partial charge >= 0.3 is 0 Å². The third kappa shape index (κ3) is 2.21. The summed E-state index contributed by atoms with van der Waals surface area (Å²) in [6.45, 7) is 3.74. The molecule has 0 amide bonds. The van der Waals surface area contributed by atoms with Gasteiger partial charge in [-0.3, -0.25) is 0 Å². The Morgan fingerprint density at radius 2 is 2.29 bits per heavy atom. The molecule has 110 valence electrons. The van der Waals surface area contributed by atoms with Gasteiger partial charge in [-0.25, -0.2) is 0 Å². The Morgan fingerprint density at radius 3 is 3.14 bits per heavy atom. The number of fused-ring (bicyclic) bond motifs is 1. The summed E-state index contributed by atoms with van der Waals surface area (Å²) in [7, 11) is 0. The van der Waals surface area contributed by atoms with E-state index in [1.165, 1.54) is 11.3 Å². The first-order valence-electron chi connectivity index (χ1n) is 7.54. The van der Waals surface area contributed by atoms with Gasteiger partial charge in [-0.15, -0.1) is 0 Å². The molecule has 1 aromatic carbocycles. The number of benzene rings is 1. The molecule has 0 bridgehead atoms. The molecule has 2 aliphatic rings. The maximum Gasteiger partial charge on any atom is 0.227 e. The van der Waals surface area contributed by atoms with E-state index in [4.69, 9.17) is 9.26 Å². The highest BCUT2D eigenvalue weighted by molar-refractivity contribution is 5.57. The lowest BCUT2D eigenvalue weighted by Crippen LogP contribution is -2.21. The van der Waals surface area contributed by atoms with Crippen LogP contribution in [0.2, 0.25) is 0 Å². The molecule has 1 N–H and O–H groups in total. The molecule has 2 atom stereocenters. The topological polar surface area (TPSA) is 60.2 Å². The molecule has 0 radical (unpaired) electrons. The summed E-state index contributed by atoms with van der Waals surface area (Å²) in [5.41, 5.74) is 2.18. The Morgan fingerprint density at radius 1 is 1.38 bits per heavy atom. The minimum Gasteiger partial charge on any atom is -0.384 e. The Bertz CT molecular complexity index is 646. The Kier molecular flexibility index (Phi) is 2.96. The van der Waals surface area contributed by atoms with Crippen LogP contribution in [0.15, 0.2) is 28.8 Å². The van der Waals surface area contributed by atoms with Gasteiger partial charge in [-0.05, 0) is 31.4 Å². The number of aromatic nitrogens is 2. The van der Waals surface area contributed by atoms with Gasteiger partial charge in [0.05, 0.1) is 0 Å². The van der Waals surface area contributed by atoms with Crippen molar-refractivity contribution in [2.75, 3.05) is 18.5 Å². The molecule has 1 fully saturated rings. The van der Waals surface area contributed by atoms with Gasteiger partial charge in [0.1, 0.15) is 5.60 Å². The average molecular weight is 285 g/mol. The number of anilines is 1. The highest BCUT2D eigenvalue weighted by Gasteiger charge is 2.37. The SMILES string of the molecule is CC1(c2noc(CC3CNc4ccccc43)n2)CCCO1. The van der Waals surface area contributed by atoms with Crippen LogP contribution in [0.1, 0.15) is 43.0 Å². The van der Waals surface area contributed by atoms with E-state index in [0.29, 0.717) is 17.6 Å². The zero-order valence-electron chi connectivity index (χ0n) is 12.1. The first-order chi connectivity index (χ1) is 10.2. The van der Waals surface area contributed by atoms with Crippen molar-refractivity contribution in [1.82, 2.24) is 10.1 Å². The second kappa shape index (κ2) is 4.84. The van der Waals surface area contributed by atoms with E-state index in [2.05, 4.69) is 39.7 Å². The van der Waals surface area contributed by atoms with Crippen molar-refractivity contribution in [3.05, 3.63) is 41.5 Å². The van der Waals surface area contributed by atoms with Gasteiger partial charge in [0, 0.05) is 31.2 Å². The maximum atomic E-state index is 5.77. The normalized spacial score (nSPS) is 27.6. The van der Waals surface area contributed by atoms with Gasteiger partial charge in [0.25, 0.3) is 0 Å². The van der Waals surface area contributed by atoms with Crippen molar-refractivity contribution >= 4 is 5.69 Å². The van der Waals surface area contributed by atoms with Crippen molar-refractivity contribution in [1.29, 1.82) is 0 Å². The van der Waals surface area contributed by atoms with Crippen LogP contribution in [-0.2, 0) is 16.8 Å². The molecule has 1 saturated heterocycles. The number of nitrogens with zero attached hydrogens (tertiary/aromatic N) is 2. The van der Waals surface area contributed by atoms with Gasteiger partial charge < -0.3 is 14.6 Å². The fraction of sp³-hybridized carbons (Fsp3) is 0.500. The molecule has 2 unspecified atom stereocenters. The summed E-state index contributed by atoms with van der Waals surface area (Å²) in [6, 6.07) is 8.41. The molecule has 21 heavy (non-hydrogen) atoms. The van der Waals surface area contributed by atoms with Crippen LogP contribution in [0.4, 0.5) is 5.69 Å². The second-order valence-electron chi connectivity index (χ2n) is 6.06. The highest BCUT2D eigenvalue weighted by Crippen LogP contribution is 2.35. The average Bonchev–Trinajstić information content (AvgIpc) is 3.21. The van der Waals surface area contributed by atoms with Crippen molar-refractivity contribution < 1.29 is 9.26 Å². The van der Waals surface area contributed by atoms with E-state index in [-0.39, 0.29) is 5.60 Å². The predicted molar refractivity (Wildman–Crippen MR) is 78.2 cm³/mol. The molecule has 0 aliphatic carbocycles. The summed E-state index contributed by atoms with van der Waals surface area (Å²) < 4.78 is 11.2. The predicted octanol–water partition coefficient (Wildman–Crippen LogP) is 2.85. The molecule has 5 nitrogen and oxygen atoms in total. The highest BCUT2D eigenvalue weighted by atomic mass is 16.5. The van der Waals surface area contributed by atoms with Crippen LogP contribution in [0.3, 0.4) is 0 Å². The maximum absolute atomic E-state index is 5.77. The molecular weight excluding hydrogens is 266 g/mol. The Labute approximate surface area is 123 Å². The molecule has 5 heteroatoms.